The minimum Gasteiger partial charge on any atom is -0.496 e. The minimum absolute atomic E-state index is 0.0304. The SMILES string of the molecule is CCCCC(C)NC(=O)c1cn2c(cc3c(OC)ccc(OC)c32)c(=O)n1CCC(C)C. The van der Waals surface area contributed by atoms with Gasteiger partial charge in [0.05, 0.1) is 19.7 Å². The Hall–Kier alpha value is -2.96. The number of rotatable bonds is 10. The number of fused-ring (bicyclic) bond motifs is 3. The van der Waals surface area contributed by atoms with Gasteiger partial charge in [-0.05, 0) is 43.9 Å². The molecule has 0 aliphatic heterocycles. The summed E-state index contributed by atoms with van der Waals surface area (Å²) in [6.07, 6.45) is 5.57. The van der Waals surface area contributed by atoms with E-state index in [1.807, 2.05) is 25.1 Å². The fourth-order valence-corrected chi connectivity index (χ4v) is 4.04. The molecule has 2 aromatic heterocycles. The normalized spacial score (nSPS) is 12.5. The summed E-state index contributed by atoms with van der Waals surface area (Å²) in [4.78, 5) is 26.8. The second kappa shape index (κ2) is 10.1. The zero-order valence-electron chi connectivity index (χ0n) is 20.0. The lowest BCUT2D eigenvalue weighted by molar-refractivity contribution is 0.0926. The first-order valence-corrected chi connectivity index (χ1v) is 11.4. The molecule has 1 aromatic carbocycles. The van der Waals surface area contributed by atoms with E-state index in [9.17, 15) is 9.59 Å². The molecule has 32 heavy (non-hydrogen) atoms. The van der Waals surface area contributed by atoms with Crippen LogP contribution in [0.15, 0.2) is 29.2 Å². The highest BCUT2D eigenvalue weighted by Gasteiger charge is 2.21. The predicted molar refractivity (Wildman–Crippen MR) is 128 cm³/mol. The van der Waals surface area contributed by atoms with Crippen LogP contribution in [-0.2, 0) is 6.54 Å². The zero-order chi connectivity index (χ0) is 23.4. The number of aromatic nitrogens is 2. The van der Waals surface area contributed by atoms with Crippen LogP contribution in [0.1, 0.15) is 63.9 Å². The van der Waals surface area contributed by atoms with Gasteiger partial charge in [0.1, 0.15) is 22.7 Å². The molecule has 0 saturated carbocycles. The molecule has 0 saturated heterocycles. The summed E-state index contributed by atoms with van der Waals surface area (Å²) < 4.78 is 14.4. The van der Waals surface area contributed by atoms with Crippen molar-refractivity contribution in [2.45, 2.75) is 66.0 Å². The maximum Gasteiger partial charge on any atom is 0.275 e. The van der Waals surface area contributed by atoms with Gasteiger partial charge in [0.2, 0.25) is 0 Å². The highest BCUT2D eigenvalue weighted by molar-refractivity contribution is 5.98. The van der Waals surface area contributed by atoms with Crippen molar-refractivity contribution in [2.24, 2.45) is 5.92 Å². The topological polar surface area (TPSA) is 74.0 Å². The number of nitrogens with zero attached hydrogens (tertiary/aromatic N) is 2. The summed E-state index contributed by atoms with van der Waals surface area (Å²) in [5, 5.41) is 3.85. The van der Waals surface area contributed by atoms with Crippen LogP contribution in [0.3, 0.4) is 0 Å². The maximum absolute atomic E-state index is 13.6. The van der Waals surface area contributed by atoms with E-state index < -0.39 is 0 Å². The van der Waals surface area contributed by atoms with Crippen molar-refractivity contribution in [3.63, 3.8) is 0 Å². The molecule has 0 fully saturated rings. The van der Waals surface area contributed by atoms with Crippen LogP contribution in [0.2, 0.25) is 0 Å². The number of hydrogen-bond donors (Lipinski definition) is 1. The van der Waals surface area contributed by atoms with Crippen LogP contribution in [0, 0.1) is 5.92 Å². The maximum atomic E-state index is 13.6. The number of carbonyl (C=O) groups excluding carboxylic acids is 1. The first-order chi connectivity index (χ1) is 15.3. The number of methoxy groups -OCH3 is 2. The molecule has 0 bridgehead atoms. The Kier molecular flexibility index (Phi) is 7.48. The Labute approximate surface area is 189 Å². The average Bonchev–Trinajstić information content (AvgIpc) is 3.16. The summed E-state index contributed by atoms with van der Waals surface area (Å²) in [5.74, 6) is 1.43. The Morgan fingerprint density at radius 2 is 1.78 bits per heavy atom. The first kappa shape index (κ1) is 23.7. The van der Waals surface area contributed by atoms with Crippen molar-refractivity contribution >= 4 is 22.3 Å². The molecule has 0 radical (unpaired) electrons. The Balaban J connectivity index is 2.23. The van der Waals surface area contributed by atoms with Gasteiger partial charge in [0.25, 0.3) is 11.5 Å². The lowest BCUT2D eigenvalue weighted by Crippen LogP contribution is -2.37. The summed E-state index contributed by atoms with van der Waals surface area (Å²) in [6.45, 7) is 8.83. The largest absolute Gasteiger partial charge is 0.496 e. The summed E-state index contributed by atoms with van der Waals surface area (Å²) >= 11 is 0. The fourth-order valence-electron chi connectivity index (χ4n) is 4.04. The molecular weight excluding hydrogens is 406 g/mol. The number of amides is 1. The van der Waals surface area contributed by atoms with E-state index in [4.69, 9.17) is 9.47 Å². The van der Waals surface area contributed by atoms with Crippen molar-refractivity contribution in [1.82, 2.24) is 14.3 Å². The number of carbonyl (C=O) groups is 1. The second-order valence-corrected chi connectivity index (χ2v) is 8.80. The quantitative estimate of drug-likeness (QED) is 0.498. The van der Waals surface area contributed by atoms with E-state index in [1.54, 1.807) is 29.4 Å². The van der Waals surface area contributed by atoms with E-state index in [0.717, 1.165) is 31.1 Å². The van der Waals surface area contributed by atoms with Gasteiger partial charge in [-0.15, -0.1) is 0 Å². The number of ether oxygens (including phenoxy) is 2. The Morgan fingerprint density at radius 1 is 1.09 bits per heavy atom. The molecule has 7 nitrogen and oxygen atoms in total. The fraction of sp³-hybridized carbons (Fsp3) is 0.520. The third kappa shape index (κ3) is 4.61. The molecule has 1 atom stereocenters. The van der Waals surface area contributed by atoms with Crippen LogP contribution >= 0.6 is 0 Å². The Bertz CT molecular complexity index is 1160. The second-order valence-electron chi connectivity index (χ2n) is 8.80. The van der Waals surface area contributed by atoms with Crippen LogP contribution in [0.25, 0.3) is 16.4 Å². The number of nitrogens with one attached hydrogen (secondary N) is 1. The van der Waals surface area contributed by atoms with Gasteiger partial charge in [-0.25, -0.2) is 0 Å². The lowest BCUT2D eigenvalue weighted by Gasteiger charge is -2.18. The molecule has 1 unspecified atom stereocenters. The molecule has 174 valence electrons. The van der Waals surface area contributed by atoms with Crippen molar-refractivity contribution in [3.05, 3.63) is 40.4 Å². The van der Waals surface area contributed by atoms with Gasteiger partial charge < -0.3 is 23.8 Å². The van der Waals surface area contributed by atoms with Crippen LogP contribution in [0.5, 0.6) is 11.5 Å². The smallest absolute Gasteiger partial charge is 0.275 e. The van der Waals surface area contributed by atoms with Crippen molar-refractivity contribution in [2.75, 3.05) is 14.2 Å². The predicted octanol–water partition coefficient (Wildman–Crippen LogP) is 4.63. The van der Waals surface area contributed by atoms with E-state index in [0.29, 0.717) is 40.7 Å². The molecule has 3 rings (SSSR count). The monoisotopic (exact) mass is 441 g/mol. The standard InChI is InChI=1S/C25H35N3O4/c1-7-8-9-17(4)26-24(29)20-15-28-19(25(30)27(20)13-12-16(2)3)14-18-21(31-5)10-11-22(32-6)23(18)28/h10-11,14-17H,7-9,12-13H2,1-6H3,(H,26,29). The van der Waals surface area contributed by atoms with Gasteiger partial charge in [-0.1, -0.05) is 33.6 Å². The molecule has 2 heterocycles. The van der Waals surface area contributed by atoms with Gasteiger partial charge in [-0.3, -0.25) is 9.59 Å². The number of hydrogen-bond acceptors (Lipinski definition) is 4. The average molecular weight is 442 g/mol. The number of benzene rings is 1. The van der Waals surface area contributed by atoms with Crippen LogP contribution < -0.4 is 20.3 Å². The van der Waals surface area contributed by atoms with E-state index in [2.05, 4.69) is 26.1 Å². The first-order valence-electron chi connectivity index (χ1n) is 11.4. The highest BCUT2D eigenvalue weighted by atomic mass is 16.5. The molecule has 0 aliphatic rings. The third-order valence-corrected chi connectivity index (χ3v) is 5.90. The Morgan fingerprint density at radius 3 is 2.41 bits per heavy atom. The minimum atomic E-state index is -0.236. The molecule has 0 aliphatic carbocycles. The van der Waals surface area contributed by atoms with Gasteiger partial charge in [0.15, 0.2) is 0 Å². The summed E-state index contributed by atoms with van der Waals surface area (Å²) in [6, 6.07) is 5.48. The summed E-state index contributed by atoms with van der Waals surface area (Å²) in [5.41, 5.74) is 1.36. The molecule has 1 N–H and O–H groups in total. The molecule has 3 aromatic rings. The van der Waals surface area contributed by atoms with E-state index in [1.165, 1.54) is 0 Å². The number of unbranched alkanes of at least 4 members (excludes halogenated alkanes) is 1. The van der Waals surface area contributed by atoms with E-state index in [-0.39, 0.29) is 17.5 Å². The lowest BCUT2D eigenvalue weighted by atomic mass is 10.1. The van der Waals surface area contributed by atoms with Crippen LogP contribution in [-0.4, -0.2) is 35.1 Å². The van der Waals surface area contributed by atoms with Crippen molar-refractivity contribution in [3.8, 4) is 11.5 Å². The zero-order valence-corrected chi connectivity index (χ0v) is 20.0. The molecular formula is C25H35N3O4. The molecule has 0 spiro atoms. The third-order valence-electron chi connectivity index (χ3n) is 5.90. The van der Waals surface area contributed by atoms with E-state index >= 15 is 0 Å². The van der Waals surface area contributed by atoms with Crippen molar-refractivity contribution < 1.29 is 14.3 Å². The van der Waals surface area contributed by atoms with Crippen molar-refractivity contribution in [1.29, 1.82) is 0 Å². The molecule has 1 amide bonds. The molecule has 7 heteroatoms. The van der Waals surface area contributed by atoms with Gasteiger partial charge in [-0.2, -0.15) is 0 Å². The van der Waals surface area contributed by atoms with Crippen LogP contribution in [0.4, 0.5) is 0 Å². The van der Waals surface area contributed by atoms with Gasteiger partial charge in [0, 0.05) is 24.2 Å². The van der Waals surface area contributed by atoms with Gasteiger partial charge >= 0.3 is 0 Å². The highest BCUT2D eigenvalue weighted by Crippen LogP contribution is 2.35. The summed E-state index contributed by atoms with van der Waals surface area (Å²) in [7, 11) is 3.19.